The van der Waals surface area contributed by atoms with Crippen LogP contribution in [0, 0.1) is 0 Å². The van der Waals surface area contributed by atoms with Crippen molar-refractivity contribution in [1.82, 2.24) is 0 Å². The van der Waals surface area contributed by atoms with Crippen LogP contribution in [0.1, 0.15) is 22.3 Å². The Balaban J connectivity index is 1.83. The number of nitrogens with zero attached hydrogens (tertiary/aromatic N) is 1. The molecular formula is C16H12BrCl2NO2. The van der Waals surface area contributed by atoms with Gasteiger partial charge >= 0.3 is 0 Å². The van der Waals surface area contributed by atoms with Crippen molar-refractivity contribution < 1.29 is 9.63 Å². The first kappa shape index (κ1) is 17.0. The van der Waals surface area contributed by atoms with E-state index in [0.717, 1.165) is 4.47 Å². The lowest BCUT2D eigenvalue weighted by atomic mass is 10.1. The van der Waals surface area contributed by atoms with Crippen molar-refractivity contribution >= 4 is 51.1 Å². The van der Waals surface area contributed by atoms with Crippen LogP contribution in [0.3, 0.4) is 0 Å². The molecule has 0 aliphatic heterocycles. The van der Waals surface area contributed by atoms with Crippen LogP contribution in [0.25, 0.3) is 0 Å². The molecule has 22 heavy (non-hydrogen) atoms. The zero-order chi connectivity index (χ0) is 15.9. The molecule has 2 aromatic carbocycles. The fourth-order valence-corrected chi connectivity index (χ4v) is 2.47. The van der Waals surface area contributed by atoms with E-state index in [1.807, 2.05) is 12.1 Å². The number of rotatable bonds is 6. The predicted octanol–water partition coefficient (Wildman–Crippen LogP) is 5.53. The molecule has 0 unspecified atom stereocenters. The first-order valence-electron chi connectivity index (χ1n) is 6.43. The van der Waals surface area contributed by atoms with Gasteiger partial charge in [-0.1, -0.05) is 62.5 Å². The molecule has 0 amide bonds. The van der Waals surface area contributed by atoms with Gasteiger partial charge in [-0.15, -0.1) is 0 Å². The molecule has 0 radical (unpaired) electrons. The normalized spacial score (nSPS) is 10.9. The van der Waals surface area contributed by atoms with Gasteiger partial charge in [0.2, 0.25) is 0 Å². The summed E-state index contributed by atoms with van der Waals surface area (Å²) in [5.41, 5.74) is 1.30. The number of oxime groups is 1. The van der Waals surface area contributed by atoms with E-state index < -0.39 is 0 Å². The quantitative estimate of drug-likeness (QED) is 0.363. The Morgan fingerprint density at radius 2 is 1.77 bits per heavy atom. The van der Waals surface area contributed by atoms with Crippen LogP contribution in [-0.2, 0) is 11.4 Å². The Kier molecular flexibility index (Phi) is 6.43. The molecule has 3 nitrogen and oxygen atoms in total. The Morgan fingerprint density at radius 3 is 2.41 bits per heavy atom. The number of benzene rings is 2. The minimum absolute atomic E-state index is 0.0318. The number of Topliss-reactive ketones (excluding diaryl/α,β-unsaturated/α-hetero) is 1. The van der Waals surface area contributed by atoms with Crippen LogP contribution in [-0.4, -0.2) is 12.0 Å². The third-order valence-corrected chi connectivity index (χ3v) is 4.10. The molecule has 6 heteroatoms. The second-order valence-electron chi connectivity index (χ2n) is 4.40. The van der Waals surface area contributed by atoms with E-state index in [2.05, 4.69) is 21.1 Å². The first-order valence-corrected chi connectivity index (χ1v) is 7.98. The largest absolute Gasteiger partial charge is 0.391 e. The van der Waals surface area contributed by atoms with E-state index in [4.69, 9.17) is 28.0 Å². The van der Waals surface area contributed by atoms with E-state index >= 15 is 0 Å². The van der Waals surface area contributed by atoms with Crippen molar-refractivity contribution in [3.05, 3.63) is 68.1 Å². The average molecular weight is 401 g/mol. The highest BCUT2D eigenvalue weighted by molar-refractivity contribution is 9.10. The van der Waals surface area contributed by atoms with Gasteiger partial charge in [0.05, 0.1) is 6.21 Å². The van der Waals surface area contributed by atoms with Gasteiger partial charge in [-0.05, 0) is 24.3 Å². The van der Waals surface area contributed by atoms with E-state index in [-0.39, 0.29) is 18.8 Å². The van der Waals surface area contributed by atoms with Gasteiger partial charge < -0.3 is 4.84 Å². The summed E-state index contributed by atoms with van der Waals surface area (Å²) in [7, 11) is 0. The van der Waals surface area contributed by atoms with E-state index in [0.29, 0.717) is 21.2 Å². The highest BCUT2D eigenvalue weighted by Crippen LogP contribution is 2.24. The monoisotopic (exact) mass is 399 g/mol. The molecule has 0 bridgehead atoms. The zero-order valence-corrected chi connectivity index (χ0v) is 14.5. The fourth-order valence-electron chi connectivity index (χ4n) is 1.70. The van der Waals surface area contributed by atoms with E-state index in [1.54, 1.807) is 30.3 Å². The molecule has 114 valence electrons. The highest BCUT2D eigenvalue weighted by atomic mass is 79.9. The smallest absolute Gasteiger partial charge is 0.168 e. The van der Waals surface area contributed by atoms with Crippen molar-refractivity contribution in [2.75, 3.05) is 0 Å². The number of carbonyl (C=O) groups excluding carboxylic acids is 1. The maximum atomic E-state index is 11.9. The fraction of sp³-hybridized carbons (Fsp3) is 0.125. The predicted molar refractivity (Wildman–Crippen MR) is 92.8 cm³/mol. The van der Waals surface area contributed by atoms with Gasteiger partial charge in [0.25, 0.3) is 0 Å². The second kappa shape index (κ2) is 8.32. The third kappa shape index (κ3) is 4.83. The molecule has 0 fully saturated rings. The van der Waals surface area contributed by atoms with Crippen molar-refractivity contribution in [2.45, 2.75) is 13.0 Å². The second-order valence-corrected chi connectivity index (χ2v) is 6.13. The standard InChI is InChI=1S/C16H12BrCl2NO2/c17-12-6-4-11(5-7-12)16(21)8-9-20-22-10-13-14(18)2-1-3-15(13)19/h1-7,9H,8,10H2/b20-9-. The molecule has 2 rings (SSSR count). The van der Waals surface area contributed by atoms with E-state index in [1.165, 1.54) is 6.21 Å². The summed E-state index contributed by atoms with van der Waals surface area (Å²) < 4.78 is 0.928. The zero-order valence-electron chi connectivity index (χ0n) is 11.4. The third-order valence-electron chi connectivity index (χ3n) is 2.86. The van der Waals surface area contributed by atoms with Crippen LogP contribution in [0.5, 0.6) is 0 Å². The van der Waals surface area contributed by atoms with Crippen molar-refractivity contribution in [2.24, 2.45) is 5.16 Å². The molecule has 0 N–H and O–H groups in total. The van der Waals surface area contributed by atoms with Gasteiger partial charge in [-0.25, -0.2) is 0 Å². The molecule has 0 atom stereocenters. The van der Waals surface area contributed by atoms with Crippen LogP contribution < -0.4 is 0 Å². The van der Waals surface area contributed by atoms with Crippen molar-refractivity contribution in [3.8, 4) is 0 Å². The molecule has 0 saturated carbocycles. The number of ketones is 1. The minimum atomic E-state index is -0.0318. The van der Waals surface area contributed by atoms with Crippen LogP contribution in [0.4, 0.5) is 0 Å². The molecule has 0 saturated heterocycles. The number of hydrogen-bond donors (Lipinski definition) is 0. The molecule has 0 spiro atoms. The Morgan fingerprint density at radius 1 is 1.14 bits per heavy atom. The summed E-state index contributed by atoms with van der Waals surface area (Å²) in [4.78, 5) is 17.0. The molecule has 0 aromatic heterocycles. The molecule has 2 aromatic rings. The number of carbonyl (C=O) groups is 1. The highest BCUT2D eigenvalue weighted by Gasteiger charge is 2.06. The van der Waals surface area contributed by atoms with Crippen LogP contribution in [0.2, 0.25) is 10.0 Å². The van der Waals surface area contributed by atoms with Gasteiger partial charge in [0.15, 0.2) is 5.78 Å². The topological polar surface area (TPSA) is 38.7 Å². The Labute approximate surface area is 147 Å². The lowest BCUT2D eigenvalue weighted by Crippen LogP contribution is -1.99. The SMILES string of the molecule is O=C(C/C=N\OCc1c(Cl)cccc1Cl)c1ccc(Br)cc1. The summed E-state index contributed by atoms with van der Waals surface area (Å²) in [6.07, 6.45) is 1.59. The van der Waals surface area contributed by atoms with Gasteiger partial charge in [-0.2, -0.15) is 0 Å². The summed E-state index contributed by atoms with van der Waals surface area (Å²) in [5.74, 6) is -0.0318. The van der Waals surface area contributed by atoms with Crippen LogP contribution >= 0.6 is 39.1 Å². The molecule has 0 aliphatic carbocycles. The van der Waals surface area contributed by atoms with Gasteiger partial charge in [0, 0.05) is 32.1 Å². The molecular weight excluding hydrogens is 389 g/mol. The Hall–Kier alpha value is -1.36. The maximum absolute atomic E-state index is 11.9. The molecule has 0 aliphatic rings. The summed E-state index contributed by atoms with van der Waals surface area (Å²) in [6, 6.07) is 12.4. The maximum Gasteiger partial charge on any atom is 0.168 e. The van der Waals surface area contributed by atoms with E-state index in [9.17, 15) is 4.79 Å². The molecule has 0 heterocycles. The van der Waals surface area contributed by atoms with Crippen molar-refractivity contribution in [3.63, 3.8) is 0 Å². The first-order chi connectivity index (χ1) is 10.6. The Bertz CT molecular complexity index is 667. The lowest BCUT2D eigenvalue weighted by Gasteiger charge is -2.04. The van der Waals surface area contributed by atoms with Crippen LogP contribution in [0.15, 0.2) is 52.1 Å². The lowest BCUT2D eigenvalue weighted by molar-refractivity contribution is 0.0996. The summed E-state index contributed by atoms with van der Waals surface area (Å²) >= 11 is 15.3. The minimum Gasteiger partial charge on any atom is -0.391 e. The number of halogens is 3. The average Bonchev–Trinajstić information content (AvgIpc) is 2.50. The summed E-state index contributed by atoms with van der Waals surface area (Å²) in [5, 5.41) is 4.80. The summed E-state index contributed by atoms with van der Waals surface area (Å²) in [6.45, 7) is 0.154. The number of hydrogen-bond acceptors (Lipinski definition) is 3. The van der Waals surface area contributed by atoms with Gasteiger partial charge in [-0.3, -0.25) is 4.79 Å². The van der Waals surface area contributed by atoms with Crippen molar-refractivity contribution in [1.29, 1.82) is 0 Å². The van der Waals surface area contributed by atoms with Gasteiger partial charge in [0.1, 0.15) is 6.61 Å².